The minimum atomic E-state index is -3.54. The van der Waals surface area contributed by atoms with E-state index in [1.807, 2.05) is 61.5 Å². The lowest BCUT2D eigenvalue weighted by Crippen LogP contribution is -2.05. The van der Waals surface area contributed by atoms with Crippen molar-refractivity contribution in [2.24, 2.45) is 5.73 Å². The van der Waals surface area contributed by atoms with Gasteiger partial charge >= 0.3 is 0 Å². The number of sulfone groups is 1. The Bertz CT molecular complexity index is 1410. The Morgan fingerprint density at radius 1 is 0.969 bits per heavy atom. The van der Waals surface area contributed by atoms with Crippen LogP contribution in [0.4, 0.5) is 11.4 Å². The molecule has 1 heterocycles. The lowest BCUT2D eigenvalue weighted by molar-refractivity contribution is 0.602. The Hall–Kier alpha value is -2.64. The molecule has 0 saturated heterocycles. The topological polar surface area (TPSA) is 85.1 Å². The molecule has 0 radical (unpaired) electrons. The quantitative estimate of drug-likeness (QED) is 0.355. The summed E-state index contributed by atoms with van der Waals surface area (Å²) in [6, 6.07) is 16.9. The van der Waals surface area contributed by atoms with E-state index in [4.69, 9.17) is 28.9 Å². The molecule has 3 aromatic carbocycles. The molecule has 5 nitrogen and oxygen atoms in total. The lowest BCUT2D eigenvalue weighted by Gasteiger charge is -2.15. The zero-order chi connectivity index (χ0) is 23.0. The number of benzene rings is 3. The second kappa shape index (κ2) is 8.71. The molecule has 0 saturated carbocycles. The van der Waals surface area contributed by atoms with Crippen LogP contribution in [0.1, 0.15) is 11.1 Å². The molecule has 4 aromatic rings. The second-order valence-corrected chi connectivity index (χ2v) is 10.4. The maximum Gasteiger partial charge on any atom is 0.179 e. The Morgan fingerprint density at radius 3 is 2.22 bits per heavy atom. The van der Waals surface area contributed by atoms with Crippen LogP contribution in [0.15, 0.2) is 65.7 Å². The van der Waals surface area contributed by atoms with Crippen molar-refractivity contribution in [3.8, 4) is 11.1 Å². The number of pyridine rings is 1. The van der Waals surface area contributed by atoms with Gasteiger partial charge in [-0.1, -0.05) is 41.4 Å². The Balaban J connectivity index is 1.93. The summed E-state index contributed by atoms with van der Waals surface area (Å²) in [5.74, 6) is 0. The number of nitrogens with two attached hydrogens (primary N) is 1. The number of nitrogens with zero attached hydrogens (tertiary/aromatic N) is 1. The average Bonchev–Trinajstić information content (AvgIpc) is 2.76. The van der Waals surface area contributed by atoms with Crippen molar-refractivity contribution in [2.75, 3.05) is 11.6 Å². The summed E-state index contributed by atoms with van der Waals surface area (Å²) in [6.07, 6.45) is 2.55. The molecule has 0 aliphatic rings. The molecule has 0 spiro atoms. The number of hydrogen-bond acceptors (Lipinski definition) is 5. The zero-order valence-corrected chi connectivity index (χ0v) is 19.8. The minimum Gasteiger partial charge on any atom is -0.354 e. The van der Waals surface area contributed by atoms with E-state index in [1.165, 1.54) is 12.5 Å². The zero-order valence-electron chi connectivity index (χ0n) is 17.5. The largest absolute Gasteiger partial charge is 0.354 e. The molecule has 164 valence electrons. The van der Waals surface area contributed by atoms with Gasteiger partial charge < -0.3 is 11.1 Å². The average molecular weight is 486 g/mol. The summed E-state index contributed by atoms with van der Waals surface area (Å²) < 4.78 is 25.1. The highest BCUT2D eigenvalue weighted by Gasteiger charge is 2.18. The number of aromatic nitrogens is 1. The number of halogens is 2. The summed E-state index contributed by atoms with van der Waals surface area (Å²) >= 11 is 12.7. The van der Waals surface area contributed by atoms with Crippen molar-refractivity contribution in [1.82, 2.24) is 4.98 Å². The third-order valence-electron chi connectivity index (χ3n) is 5.31. The standard InChI is InChI=1S/C24H21Cl2N3O2S/c1-14-20(25)10-17(11-21(14)26)16-5-8-22-19(9-16)24(23(13-28-22)32(2,30)31)29-18-6-3-15(12-27)4-7-18/h3-11,13H,12,27H2,1-2H3,(H,28,29). The van der Waals surface area contributed by atoms with Gasteiger partial charge in [0.15, 0.2) is 9.84 Å². The third-order valence-corrected chi connectivity index (χ3v) is 7.20. The Labute approximate surface area is 197 Å². The highest BCUT2D eigenvalue weighted by Crippen LogP contribution is 2.36. The second-order valence-electron chi connectivity index (χ2n) is 7.59. The van der Waals surface area contributed by atoms with E-state index in [0.717, 1.165) is 27.9 Å². The van der Waals surface area contributed by atoms with Gasteiger partial charge in [0.2, 0.25) is 0 Å². The molecule has 3 N–H and O–H groups in total. The summed E-state index contributed by atoms with van der Waals surface area (Å²) in [6.45, 7) is 2.28. The molecule has 0 amide bonds. The SMILES string of the molecule is Cc1c(Cl)cc(-c2ccc3ncc(S(C)(=O)=O)c(Nc4ccc(CN)cc4)c3c2)cc1Cl. The predicted molar refractivity (Wildman–Crippen MR) is 133 cm³/mol. The van der Waals surface area contributed by atoms with Gasteiger partial charge in [0.1, 0.15) is 4.90 Å². The minimum absolute atomic E-state index is 0.116. The van der Waals surface area contributed by atoms with Crippen molar-refractivity contribution < 1.29 is 8.42 Å². The van der Waals surface area contributed by atoms with Crippen LogP contribution < -0.4 is 11.1 Å². The summed E-state index contributed by atoms with van der Waals surface area (Å²) in [5, 5.41) is 5.07. The van der Waals surface area contributed by atoms with Crippen LogP contribution in [-0.4, -0.2) is 19.7 Å². The highest BCUT2D eigenvalue weighted by atomic mass is 35.5. The van der Waals surface area contributed by atoms with Gasteiger partial charge in [-0.2, -0.15) is 0 Å². The van der Waals surface area contributed by atoms with Crippen LogP contribution in [0, 0.1) is 6.92 Å². The monoisotopic (exact) mass is 485 g/mol. The van der Waals surface area contributed by atoms with Gasteiger partial charge in [0.05, 0.1) is 11.2 Å². The lowest BCUT2D eigenvalue weighted by atomic mass is 10.0. The summed E-state index contributed by atoms with van der Waals surface area (Å²) in [7, 11) is -3.54. The first-order valence-corrected chi connectivity index (χ1v) is 12.5. The molecule has 0 fully saturated rings. The van der Waals surface area contributed by atoms with E-state index in [1.54, 1.807) is 0 Å². The third kappa shape index (κ3) is 4.45. The first-order chi connectivity index (χ1) is 15.2. The van der Waals surface area contributed by atoms with E-state index in [0.29, 0.717) is 33.2 Å². The summed E-state index contributed by atoms with van der Waals surface area (Å²) in [4.78, 5) is 4.49. The first kappa shape index (κ1) is 22.6. The van der Waals surface area contributed by atoms with Crippen LogP contribution in [0.5, 0.6) is 0 Å². The maximum atomic E-state index is 12.5. The van der Waals surface area contributed by atoms with Gasteiger partial charge in [-0.3, -0.25) is 4.98 Å². The van der Waals surface area contributed by atoms with Crippen LogP contribution in [0.25, 0.3) is 22.0 Å². The molecule has 0 atom stereocenters. The summed E-state index contributed by atoms with van der Waals surface area (Å²) in [5.41, 5.74) is 11.0. The molecule has 32 heavy (non-hydrogen) atoms. The van der Waals surface area contributed by atoms with Gasteiger partial charge in [0.25, 0.3) is 0 Å². The molecule has 0 unspecified atom stereocenters. The van der Waals surface area contributed by atoms with Crippen LogP contribution in [0.3, 0.4) is 0 Å². The molecule has 1 aromatic heterocycles. The van der Waals surface area contributed by atoms with E-state index >= 15 is 0 Å². The maximum absolute atomic E-state index is 12.5. The molecule has 8 heteroatoms. The van der Waals surface area contributed by atoms with E-state index in [9.17, 15) is 8.42 Å². The molecule has 0 aliphatic carbocycles. The number of anilines is 2. The Morgan fingerprint density at radius 2 is 1.62 bits per heavy atom. The molecule has 4 rings (SSSR count). The first-order valence-electron chi connectivity index (χ1n) is 9.82. The number of nitrogens with one attached hydrogen (secondary N) is 1. The van der Waals surface area contributed by atoms with Crippen molar-refractivity contribution in [1.29, 1.82) is 0 Å². The Kier molecular flexibility index (Phi) is 6.14. The van der Waals surface area contributed by atoms with Crippen LogP contribution >= 0.6 is 23.2 Å². The smallest absolute Gasteiger partial charge is 0.179 e. The van der Waals surface area contributed by atoms with E-state index < -0.39 is 9.84 Å². The van der Waals surface area contributed by atoms with E-state index in [2.05, 4.69) is 10.3 Å². The fourth-order valence-electron chi connectivity index (χ4n) is 3.44. The fourth-order valence-corrected chi connectivity index (χ4v) is 4.71. The molecule has 0 aliphatic heterocycles. The van der Waals surface area contributed by atoms with Crippen molar-refractivity contribution in [3.05, 3.63) is 82.0 Å². The van der Waals surface area contributed by atoms with Gasteiger partial charge in [0, 0.05) is 40.1 Å². The van der Waals surface area contributed by atoms with E-state index in [-0.39, 0.29) is 4.90 Å². The normalized spacial score (nSPS) is 11.7. The van der Waals surface area contributed by atoms with Crippen molar-refractivity contribution >= 4 is 55.3 Å². The van der Waals surface area contributed by atoms with Gasteiger partial charge in [-0.25, -0.2) is 8.42 Å². The van der Waals surface area contributed by atoms with Crippen molar-refractivity contribution in [3.63, 3.8) is 0 Å². The number of rotatable bonds is 5. The van der Waals surface area contributed by atoms with Crippen molar-refractivity contribution in [2.45, 2.75) is 18.4 Å². The van der Waals surface area contributed by atoms with Gasteiger partial charge in [-0.15, -0.1) is 0 Å². The van der Waals surface area contributed by atoms with Crippen LogP contribution in [-0.2, 0) is 16.4 Å². The number of hydrogen-bond donors (Lipinski definition) is 2. The van der Waals surface area contributed by atoms with Gasteiger partial charge in [-0.05, 0) is 65.6 Å². The highest BCUT2D eigenvalue weighted by molar-refractivity contribution is 7.90. The number of fused-ring (bicyclic) bond motifs is 1. The molecular weight excluding hydrogens is 465 g/mol. The molecular formula is C24H21Cl2N3O2S. The fraction of sp³-hybridized carbons (Fsp3) is 0.125. The molecule has 0 bridgehead atoms. The van der Waals surface area contributed by atoms with Crippen LogP contribution in [0.2, 0.25) is 10.0 Å². The predicted octanol–water partition coefficient (Wildman–Crippen LogP) is 6.12.